The molecule has 0 spiro atoms. The summed E-state index contributed by atoms with van der Waals surface area (Å²) in [6.07, 6.45) is 7.16. The van der Waals surface area contributed by atoms with Gasteiger partial charge in [0.15, 0.2) is 5.65 Å². The van der Waals surface area contributed by atoms with Crippen molar-refractivity contribution in [2.24, 2.45) is 0 Å². The van der Waals surface area contributed by atoms with Crippen LogP contribution in [0.2, 0.25) is 0 Å². The van der Waals surface area contributed by atoms with E-state index in [9.17, 15) is 9.59 Å². The Morgan fingerprint density at radius 3 is 2.88 bits per heavy atom. The van der Waals surface area contributed by atoms with Gasteiger partial charge in [0.05, 0.1) is 31.6 Å². The zero-order valence-corrected chi connectivity index (χ0v) is 19.3. The standard InChI is InChI=1S/C23H29N7O4/c1-24-20-10-19(27-18-7-4-8-29(23(18)32)15-12-34-13-15)28-21-17(11-25-30(20)21)22(31)26-14-5-3-6-16(9-14)33-2/h4,7-8,10-11,14-16,24H,3,5-6,9,12-13H2,1-2H3,(H,26,31)(H,27,28)/t14?,16-/m0/s1. The molecule has 0 aromatic carbocycles. The van der Waals surface area contributed by atoms with Gasteiger partial charge < -0.3 is 30.0 Å². The monoisotopic (exact) mass is 467 g/mol. The van der Waals surface area contributed by atoms with Crippen molar-refractivity contribution < 1.29 is 14.3 Å². The topological polar surface area (TPSA) is 124 Å². The maximum atomic E-state index is 13.1. The molecule has 1 saturated carbocycles. The van der Waals surface area contributed by atoms with Gasteiger partial charge in [0.2, 0.25) is 0 Å². The van der Waals surface area contributed by atoms with E-state index in [0.717, 1.165) is 25.7 Å². The number of hydrogen-bond donors (Lipinski definition) is 3. The van der Waals surface area contributed by atoms with Crippen molar-refractivity contribution in [2.75, 3.05) is 38.0 Å². The summed E-state index contributed by atoms with van der Waals surface area (Å²) in [4.78, 5) is 30.7. The van der Waals surface area contributed by atoms with Crippen LogP contribution in [0.5, 0.6) is 0 Å². The second-order valence-corrected chi connectivity index (χ2v) is 8.72. The molecule has 1 amide bonds. The zero-order valence-electron chi connectivity index (χ0n) is 19.3. The molecular formula is C23H29N7O4. The van der Waals surface area contributed by atoms with E-state index in [-0.39, 0.29) is 29.7 Å². The summed E-state index contributed by atoms with van der Waals surface area (Å²) in [6, 6.07) is 5.36. The van der Waals surface area contributed by atoms with E-state index >= 15 is 0 Å². The third-order valence-corrected chi connectivity index (χ3v) is 6.52. The fraction of sp³-hybridized carbons (Fsp3) is 0.478. The highest BCUT2D eigenvalue weighted by atomic mass is 16.5. The van der Waals surface area contributed by atoms with Crippen molar-refractivity contribution in [1.82, 2.24) is 24.5 Å². The largest absolute Gasteiger partial charge is 0.381 e. The number of anilines is 3. The maximum absolute atomic E-state index is 13.1. The Labute approximate surface area is 196 Å². The van der Waals surface area contributed by atoms with E-state index in [1.165, 1.54) is 6.20 Å². The minimum atomic E-state index is -0.226. The van der Waals surface area contributed by atoms with Gasteiger partial charge >= 0.3 is 0 Å². The lowest BCUT2D eigenvalue weighted by Crippen LogP contribution is -2.40. The quantitative estimate of drug-likeness (QED) is 0.482. The smallest absolute Gasteiger partial charge is 0.274 e. The summed E-state index contributed by atoms with van der Waals surface area (Å²) in [7, 11) is 3.47. The third-order valence-electron chi connectivity index (χ3n) is 6.52. The van der Waals surface area contributed by atoms with E-state index in [4.69, 9.17) is 9.47 Å². The summed E-state index contributed by atoms with van der Waals surface area (Å²) >= 11 is 0. The van der Waals surface area contributed by atoms with Crippen molar-refractivity contribution in [2.45, 2.75) is 43.9 Å². The van der Waals surface area contributed by atoms with Crippen LogP contribution in [0.1, 0.15) is 42.1 Å². The van der Waals surface area contributed by atoms with Crippen LogP contribution < -0.4 is 21.5 Å². The molecular weight excluding hydrogens is 438 g/mol. The average Bonchev–Trinajstić information content (AvgIpc) is 3.24. The second kappa shape index (κ2) is 9.43. The lowest BCUT2D eigenvalue weighted by atomic mass is 9.92. The van der Waals surface area contributed by atoms with Crippen LogP contribution in [0.3, 0.4) is 0 Å². The first-order chi connectivity index (χ1) is 16.6. The first-order valence-corrected chi connectivity index (χ1v) is 11.5. The van der Waals surface area contributed by atoms with Gasteiger partial charge in [-0.2, -0.15) is 9.61 Å². The molecule has 2 atom stereocenters. The number of nitrogens with one attached hydrogen (secondary N) is 3. The highest BCUT2D eigenvalue weighted by Gasteiger charge is 2.26. The van der Waals surface area contributed by atoms with Gasteiger partial charge in [-0.05, 0) is 37.8 Å². The molecule has 3 N–H and O–H groups in total. The van der Waals surface area contributed by atoms with Gasteiger partial charge in [0, 0.05) is 32.5 Å². The van der Waals surface area contributed by atoms with Crippen LogP contribution in [-0.4, -0.2) is 64.6 Å². The highest BCUT2D eigenvalue weighted by Crippen LogP contribution is 2.24. The number of hydrogen-bond acceptors (Lipinski definition) is 8. The minimum absolute atomic E-state index is 0.0418. The molecule has 3 aromatic heterocycles. The lowest BCUT2D eigenvalue weighted by molar-refractivity contribution is -0.0247. The molecule has 5 rings (SSSR count). The molecule has 0 radical (unpaired) electrons. The first kappa shape index (κ1) is 22.4. The Morgan fingerprint density at radius 2 is 2.15 bits per heavy atom. The maximum Gasteiger partial charge on any atom is 0.274 e. The Bertz CT molecular complexity index is 1250. The molecule has 1 saturated heterocycles. The molecule has 1 aliphatic heterocycles. The SMILES string of the molecule is CNc1cc(Nc2cccn(C3COC3)c2=O)nc2c(C(=O)NC3CCC[C@H](OC)C3)cnn12. The molecule has 1 aliphatic carbocycles. The lowest BCUT2D eigenvalue weighted by Gasteiger charge is -2.28. The molecule has 4 heterocycles. The van der Waals surface area contributed by atoms with Crippen molar-refractivity contribution in [1.29, 1.82) is 0 Å². The van der Waals surface area contributed by atoms with Gasteiger partial charge in [-0.3, -0.25) is 9.59 Å². The minimum Gasteiger partial charge on any atom is -0.381 e. The van der Waals surface area contributed by atoms with Crippen molar-refractivity contribution in [3.63, 3.8) is 0 Å². The number of aromatic nitrogens is 4. The normalized spacial score (nSPS) is 20.6. The molecule has 11 heteroatoms. The summed E-state index contributed by atoms with van der Waals surface area (Å²) in [5.41, 5.74) is 1.01. The summed E-state index contributed by atoms with van der Waals surface area (Å²) in [5, 5.41) is 13.7. The van der Waals surface area contributed by atoms with Gasteiger partial charge in [-0.1, -0.05) is 0 Å². The predicted octanol–water partition coefficient (Wildman–Crippen LogP) is 1.93. The van der Waals surface area contributed by atoms with Crippen LogP contribution in [0.15, 0.2) is 35.4 Å². The number of carbonyl (C=O) groups is 1. The molecule has 3 aromatic rings. The molecule has 2 fully saturated rings. The van der Waals surface area contributed by atoms with Crippen molar-refractivity contribution >= 4 is 28.9 Å². The Balaban J connectivity index is 1.43. The number of ether oxygens (including phenoxy) is 2. The van der Waals surface area contributed by atoms with Crippen LogP contribution in [0, 0.1) is 0 Å². The van der Waals surface area contributed by atoms with E-state index < -0.39 is 0 Å². The van der Waals surface area contributed by atoms with Gasteiger partial charge in [-0.15, -0.1) is 0 Å². The number of carbonyl (C=O) groups excluding carboxylic acids is 1. The Morgan fingerprint density at radius 1 is 1.29 bits per heavy atom. The molecule has 1 unspecified atom stereocenters. The van der Waals surface area contributed by atoms with Crippen molar-refractivity contribution in [3.8, 4) is 0 Å². The van der Waals surface area contributed by atoms with Crippen LogP contribution >= 0.6 is 0 Å². The fourth-order valence-corrected chi connectivity index (χ4v) is 4.53. The molecule has 2 aliphatic rings. The van der Waals surface area contributed by atoms with Gasteiger partial charge in [-0.25, -0.2) is 4.98 Å². The number of rotatable bonds is 7. The second-order valence-electron chi connectivity index (χ2n) is 8.72. The molecule has 0 bridgehead atoms. The molecule has 180 valence electrons. The molecule has 11 nitrogen and oxygen atoms in total. The summed E-state index contributed by atoms with van der Waals surface area (Å²) in [5.74, 6) is 0.839. The number of amides is 1. The third kappa shape index (κ3) is 4.24. The van der Waals surface area contributed by atoms with E-state index in [2.05, 4.69) is 26.0 Å². The van der Waals surface area contributed by atoms with E-state index in [1.54, 1.807) is 41.6 Å². The van der Waals surface area contributed by atoms with Crippen LogP contribution in [-0.2, 0) is 9.47 Å². The fourth-order valence-electron chi connectivity index (χ4n) is 4.53. The van der Waals surface area contributed by atoms with Gasteiger partial charge in [0.25, 0.3) is 11.5 Å². The number of pyridine rings is 1. The van der Waals surface area contributed by atoms with Crippen molar-refractivity contribution in [3.05, 3.63) is 46.5 Å². The number of nitrogens with zero attached hydrogens (tertiary/aromatic N) is 4. The summed E-state index contributed by atoms with van der Waals surface area (Å²) < 4.78 is 13.9. The van der Waals surface area contributed by atoms with Gasteiger partial charge in [0.1, 0.15) is 22.9 Å². The first-order valence-electron chi connectivity index (χ1n) is 11.5. The summed E-state index contributed by atoms with van der Waals surface area (Å²) in [6.45, 7) is 1.05. The highest BCUT2D eigenvalue weighted by molar-refractivity contribution is 6.00. The van der Waals surface area contributed by atoms with Crippen LogP contribution in [0.4, 0.5) is 17.3 Å². The number of methoxy groups -OCH3 is 1. The predicted molar refractivity (Wildman–Crippen MR) is 127 cm³/mol. The zero-order chi connectivity index (χ0) is 23.7. The van der Waals surface area contributed by atoms with E-state index in [1.807, 2.05) is 6.07 Å². The average molecular weight is 468 g/mol. The Hall–Kier alpha value is -3.44. The Kier molecular flexibility index (Phi) is 6.20. The van der Waals surface area contributed by atoms with Crippen LogP contribution in [0.25, 0.3) is 5.65 Å². The number of fused-ring (bicyclic) bond motifs is 1. The van der Waals surface area contributed by atoms with E-state index in [0.29, 0.717) is 41.7 Å². The molecule has 34 heavy (non-hydrogen) atoms.